The van der Waals surface area contributed by atoms with Gasteiger partial charge in [0.1, 0.15) is 0 Å². The molecule has 2 atom stereocenters. The summed E-state index contributed by atoms with van der Waals surface area (Å²) in [5.74, 6) is -1.46. The third kappa shape index (κ3) is 6.20. The normalized spacial score (nSPS) is 21.4. The predicted octanol–water partition coefficient (Wildman–Crippen LogP) is 2.56. The summed E-state index contributed by atoms with van der Waals surface area (Å²) < 4.78 is 39.1. The summed E-state index contributed by atoms with van der Waals surface area (Å²) in [6, 6.07) is 5.06. The Morgan fingerprint density at radius 3 is 2.52 bits per heavy atom. The molecule has 0 aromatic heterocycles. The number of rotatable bonds is 6. The molecular weight excluding hydrogens is 409 g/mol. The summed E-state index contributed by atoms with van der Waals surface area (Å²) in [6.45, 7) is 1.71. The number of halogens is 3. The molecule has 2 unspecified atom stereocenters. The van der Waals surface area contributed by atoms with E-state index in [2.05, 4.69) is 15.5 Å². The molecule has 1 saturated heterocycles. The molecule has 2 N–H and O–H groups in total. The number of nitrogens with zero attached hydrogens (tertiary/aromatic N) is 2. The Balaban J connectivity index is 1.52. The standard InChI is InChI=1S/C22H31F3N4O2/c1-28(2)19(15-6-5-7-16(12-15)22(23,24)25)13-26-20(30)21(31)27-17-10-11-29(14-17)18-8-3-4-9-18/h5-7,12,17-19H,3-4,8-11,13-14H2,1-2H3,(H,26,30)(H,27,31). The van der Waals surface area contributed by atoms with E-state index in [1.54, 1.807) is 25.1 Å². The molecular formula is C22H31F3N4O2. The monoisotopic (exact) mass is 440 g/mol. The van der Waals surface area contributed by atoms with E-state index >= 15 is 0 Å². The molecule has 1 heterocycles. The van der Waals surface area contributed by atoms with Gasteiger partial charge in [0.2, 0.25) is 0 Å². The molecule has 9 heteroatoms. The van der Waals surface area contributed by atoms with Gasteiger partial charge in [0.25, 0.3) is 0 Å². The topological polar surface area (TPSA) is 64.7 Å². The lowest BCUT2D eigenvalue weighted by molar-refractivity contribution is -0.139. The van der Waals surface area contributed by atoms with Crippen LogP contribution in [0.3, 0.4) is 0 Å². The van der Waals surface area contributed by atoms with Crippen molar-refractivity contribution in [3.8, 4) is 0 Å². The van der Waals surface area contributed by atoms with Gasteiger partial charge in [-0.2, -0.15) is 13.2 Å². The summed E-state index contributed by atoms with van der Waals surface area (Å²) >= 11 is 0. The molecule has 1 aliphatic carbocycles. The zero-order valence-electron chi connectivity index (χ0n) is 18.0. The lowest BCUT2D eigenvalue weighted by Gasteiger charge is -2.26. The zero-order valence-corrected chi connectivity index (χ0v) is 18.0. The lowest BCUT2D eigenvalue weighted by Crippen LogP contribution is -2.47. The maximum absolute atomic E-state index is 13.0. The molecule has 172 valence electrons. The number of likely N-dealkylation sites (N-methyl/N-ethyl adjacent to an activating group) is 1. The largest absolute Gasteiger partial charge is 0.416 e. The summed E-state index contributed by atoms with van der Waals surface area (Å²) in [5, 5.41) is 5.37. The Morgan fingerprint density at radius 1 is 1.16 bits per heavy atom. The van der Waals surface area contributed by atoms with E-state index in [4.69, 9.17) is 0 Å². The van der Waals surface area contributed by atoms with E-state index in [1.165, 1.54) is 31.7 Å². The molecule has 3 rings (SSSR count). The number of carbonyl (C=O) groups is 2. The van der Waals surface area contributed by atoms with E-state index in [-0.39, 0.29) is 12.6 Å². The van der Waals surface area contributed by atoms with Crippen LogP contribution in [-0.2, 0) is 15.8 Å². The van der Waals surface area contributed by atoms with Crippen LogP contribution >= 0.6 is 0 Å². The number of likely N-dealkylation sites (tertiary alicyclic amines) is 1. The predicted molar refractivity (Wildman–Crippen MR) is 111 cm³/mol. The van der Waals surface area contributed by atoms with Crippen LogP contribution in [0, 0.1) is 0 Å². The van der Waals surface area contributed by atoms with Crippen LogP contribution in [0.2, 0.25) is 0 Å². The summed E-state index contributed by atoms with van der Waals surface area (Å²) in [5.41, 5.74) is -0.322. The fourth-order valence-corrected chi connectivity index (χ4v) is 4.55. The van der Waals surface area contributed by atoms with E-state index in [1.807, 2.05) is 0 Å². The highest BCUT2D eigenvalue weighted by Gasteiger charge is 2.33. The lowest BCUT2D eigenvalue weighted by atomic mass is 10.0. The zero-order chi connectivity index (χ0) is 22.6. The van der Waals surface area contributed by atoms with Crippen molar-refractivity contribution in [2.45, 2.75) is 56.4 Å². The minimum Gasteiger partial charge on any atom is -0.346 e. The Labute approximate surface area is 181 Å². The quantitative estimate of drug-likeness (QED) is 0.668. The maximum Gasteiger partial charge on any atom is 0.416 e. The molecule has 1 saturated carbocycles. The van der Waals surface area contributed by atoms with Gasteiger partial charge in [0.15, 0.2) is 0 Å². The Hall–Kier alpha value is -2.13. The van der Waals surface area contributed by atoms with Crippen molar-refractivity contribution in [3.63, 3.8) is 0 Å². The van der Waals surface area contributed by atoms with E-state index in [0.29, 0.717) is 11.6 Å². The highest BCUT2D eigenvalue weighted by Crippen LogP contribution is 2.31. The molecule has 1 aromatic carbocycles. The summed E-state index contributed by atoms with van der Waals surface area (Å²) in [4.78, 5) is 28.8. The summed E-state index contributed by atoms with van der Waals surface area (Å²) in [6.07, 6.45) is 1.27. The first-order valence-corrected chi connectivity index (χ1v) is 10.8. The van der Waals surface area contributed by atoms with Crippen LogP contribution in [0.4, 0.5) is 13.2 Å². The fourth-order valence-electron chi connectivity index (χ4n) is 4.55. The van der Waals surface area contributed by atoms with Crippen molar-refractivity contribution >= 4 is 11.8 Å². The average molecular weight is 441 g/mol. The molecule has 2 amide bonds. The van der Waals surface area contributed by atoms with Gasteiger partial charge in [-0.25, -0.2) is 0 Å². The second kappa shape index (κ2) is 9.99. The molecule has 0 radical (unpaired) electrons. The molecule has 0 bridgehead atoms. The molecule has 0 spiro atoms. The average Bonchev–Trinajstić information content (AvgIpc) is 3.39. The number of nitrogens with one attached hydrogen (secondary N) is 2. The van der Waals surface area contributed by atoms with Gasteiger partial charge in [0, 0.05) is 31.7 Å². The first kappa shape index (κ1) is 23.5. The Bertz CT molecular complexity index is 778. The maximum atomic E-state index is 13.0. The van der Waals surface area contributed by atoms with Gasteiger partial charge in [0.05, 0.1) is 11.6 Å². The van der Waals surface area contributed by atoms with Crippen LogP contribution in [0.1, 0.15) is 49.3 Å². The van der Waals surface area contributed by atoms with Crippen molar-refractivity contribution in [3.05, 3.63) is 35.4 Å². The highest BCUT2D eigenvalue weighted by molar-refractivity contribution is 6.35. The number of alkyl halides is 3. The minimum absolute atomic E-state index is 0.0272. The first-order valence-electron chi connectivity index (χ1n) is 10.8. The fraction of sp³-hybridized carbons (Fsp3) is 0.636. The van der Waals surface area contributed by atoms with E-state index in [9.17, 15) is 22.8 Å². The number of carbonyl (C=O) groups excluding carboxylic acids is 2. The second-order valence-corrected chi connectivity index (χ2v) is 8.70. The van der Waals surface area contributed by atoms with Crippen molar-refractivity contribution in [1.29, 1.82) is 0 Å². The van der Waals surface area contributed by atoms with Gasteiger partial charge in [-0.3, -0.25) is 14.5 Å². The third-order valence-electron chi connectivity index (χ3n) is 6.28. The number of hydrogen-bond acceptors (Lipinski definition) is 4. The van der Waals surface area contributed by atoms with Crippen LogP contribution < -0.4 is 10.6 Å². The van der Waals surface area contributed by atoms with Crippen molar-refractivity contribution in [2.24, 2.45) is 0 Å². The minimum atomic E-state index is -4.44. The summed E-state index contributed by atoms with van der Waals surface area (Å²) in [7, 11) is 3.43. The molecule has 1 aliphatic heterocycles. The first-order chi connectivity index (χ1) is 14.6. The smallest absolute Gasteiger partial charge is 0.346 e. The molecule has 2 fully saturated rings. The third-order valence-corrected chi connectivity index (χ3v) is 6.28. The van der Waals surface area contributed by atoms with Crippen LogP contribution in [0.5, 0.6) is 0 Å². The Kier molecular flexibility index (Phi) is 7.59. The molecule has 1 aromatic rings. The van der Waals surface area contributed by atoms with Crippen LogP contribution in [-0.4, -0.2) is 67.4 Å². The van der Waals surface area contributed by atoms with Gasteiger partial charge in [-0.05, 0) is 51.1 Å². The van der Waals surface area contributed by atoms with Gasteiger partial charge < -0.3 is 15.5 Å². The van der Waals surface area contributed by atoms with Crippen molar-refractivity contribution in [1.82, 2.24) is 20.4 Å². The van der Waals surface area contributed by atoms with Crippen molar-refractivity contribution in [2.75, 3.05) is 33.7 Å². The number of hydrogen-bond donors (Lipinski definition) is 2. The molecule has 31 heavy (non-hydrogen) atoms. The Morgan fingerprint density at radius 2 is 1.87 bits per heavy atom. The molecule has 6 nitrogen and oxygen atoms in total. The SMILES string of the molecule is CN(C)C(CNC(=O)C(=O)NC1CCN(C2CCCC2)C1)c1cccc(C(F)(F)F)c1. The second-order valence-electron chi connectivity index (χ2n) is 8.70. The van der Waals surface area contributed by atoms with Crippen LogP contribution in [0.15, 0.2) is 24.3 Å². The van der Waals surface area contributed by atoms with Crippen molar-refractivity contribution < 1.29 is 22.8 Å². The van der Waals surface area contributed by atoms with Gasteiger partial charge in [-0.15, -0.1) is 0 Å². The van der Waals surface area contributed by atoms with Gasteiger partial charge >= 0.3 is 18.0 Å². The number of benzene rings is 1. The van der Waals surface area contributed by atoms with Gasteiger partial charge in [-0.1, -0.05) is 25.0 Å². The number of amides is 2. The highest BCUT2D eigenvalue weighted by atomic mass is 19.4. The van der Waals surface area contributed by atoms with E-state index < -0.39 is 29.6 Å². The van der Waals surface area contributed by atoms with E-state index in [0.717, 1.165) is 31.6 Å². The molecule has 2 aliphatic rings. The van der Waals surface area contributed by atoms with Crippen LogP contribution in [0.25, 0.3) is 0 Å².